The number of aliphatic hydroxyl groups is 1. The Morgan fingerprint density at radius 3 is 2.47 bits per heavy atom. The number of carboxylic acid groups (broad SMARTS) is 1. The van der Waals surface area contributed by atoms with Gasteiger partial charge in [-0.25, -0.2) is 4.79 Å². The summed E-state index contributed by atoms with van der Waals surface area (Å²) in [5, 5.41) is 18.6. The molecule has 0 aliphatic heterocycles. The van der Waals surface area contributed by atoms with E-state index in [1.165, 1.54) is 0 Å². The summed E-state index contributed by atoms with van der Waals surface area (Å²) in [5.41, 5.74) is -1.09. The van der Waals surface area contributed by atoms with Crippen LogP contribution in [-0.2, 0) is 9.53 Å². The number of rotatable bonds is 4. The van der Waals surface area contributed by atoms with E-state index in [2.05, 4.69) is 0 Å². The molecule has 4 atom stereocenters. The van der Waals surface area contributed by atoms with Gasteiger partial charge in [0.2, 0.25) is 0 Å². The Balaban J connectivity index is 2.79. The van der Waals surface area contributed by atoms with E-state index in [9.17, 15) is 15.0 Å². The number of ether oxygens (including phenoxy) is 1. The van der Waals surface area contributed by atoms with Crippen molar-refractivity contribution in [3.8, 4) is 0 Å². The van der Waals surface area contributed by atoms with Gasteiger partial charge in [-0.3, -0.25) is 0 Å². The molecule has 1 saturated carbocycles. The first-order chi connectivity index (χ1) is 6.90. The molecular formula is C11H20O4. The fourth-order valence-corrected chi connectivity index (χ4v) is 2.12. The van der Waals surface area contributed by atoms with E-state index >= 15 is 0 Å². The van der Waals surface area contributed by atoms with Crippen LogP contribution in [0.5, 0.6) is 0 Å². The van der Waals surface area contributed by atoms with Crippen molar-refractivity contribution in [1.82, 2.24) is 0 Å². The van der Waals surface area contributed by atoms with Gasteiger partial charge in [0.05, 0.1) is 12.2 Å². The summed E-state index contributed by atoms with van der Waals surface area (Å²) >= 11 is 0. The predicted molar refractivity (Wildman–Crippen MR) is 55.6 cm³/mol. The van der Waals surface area contributed by atoms with Gasteiger partial charge in [0.25, 0.3) is 0 Å². The molecule has 1 aliphatic carbocycles. The smallest absolute Gasteiger partial charge is 0.336 e. The zero-order valence-electron chi connectivity index (χ0n) is 9.56. The lowest BCUT2D eigenvalue weighted by atomic mass is 9.92. The average molecular weight is 216 g/mol. The summed E-state index contributed by atoms with van der Waals surface area (Å²) in [4.78, 5) is 11.3. The molecule has 0 aromatic carbocycles. The maximum atomic E-state index is 11.3. The molecule has 15 heavy (non-hydrogen) atoms. The molecule has 0 aromatic rings. The third-order valence-corrected chi connectivity index (χ3v) is 3.42. The van der Waals surface area contributed by atoms with E-state index in [1.807, 2.05) is 6.92 Å². The largest absolute Gasteiger partial charge is 0.479 e. The van der Waals surface area contributed by atoms with Crippen molar-refractivity contribution in [2.45, 2.75) is 57.8 Å². The summed E-state index contributed by atoms with van der Waals surface area (Å²) < 4.78 is 5.58. The quantitative estimate of drug-likeness (QED) is 0.745. The molecular weight excluding hydrogens is 196 g/mol. The predicted octanol–water partition coefficient (Wildman–Crippen LogP) is 1.42. The van der Waals surface area contributed by atoms with Crippen LogP contribution in [0.3, 0.4) is 0 Å². The molecule has 4 nitrogen and oxygen atoms in total. The van der Waals surface area contributed by atoms with E-state index in [0.717, 1.165) is 12.8 Å². The third-order valence-electron chi connectivity index (χ3n) is 3.42. The Morgan fingerprint density at radius 2 is 2.13 bits per heavy atom. The fourth-order valence-electron chi connectivity index (χ4n) is 2.12. The highest BCUT2D eigenvalue weighted by molar-refractivity contribution is 5.78. The van der Waals surface area contributed by atoms with E-state index in [4.69, 9.17) is 4.74 Å². The van der Waals surface area contributed by atoms with Crippen molar-refractivity contribution in [2.75, 3.05) is 0 Å². The molecule has 0 spiro atoms. The molecule has 0 heterocycles. The van der Waals surface area contributed by atoms with E-state index < -0.39 is 23.8 Å². The van der Waals surface area contributed by atoms with Crippen LogP contribution in [0, 0.1) is 5.92 Å². The second kappa shape index (κ2) is 4.49. The molecule has 88 valence electrons. The van der Waals surface area contributed by atoms with Gasteiger partial charge in [-0.05, 0) is 39.0 Å². The molecule has 1 aliphatic rings. The van der Waals surface area contributed by atoms with Gasteiger partial charge >= 0.3 is 5.97 Å². The van der Waals surface area contributed by atoms with Gasteiger partial charge in [-0.2, -0.15) is 0 Å². The highest BCUT2D eigenvalue weighted by atomic mass is 16.5. The van der Waals surface area contributed by atoms with Crippen molar-refractivity contribution in [3.63, 3.8) is 0 Å². The van der Waals surface area contributed by atoms with Gasteiger partial charge < -0.3 is 14.9 Å². The minimum Gasteiger partial charge on any atom is -0.479 e. The highest BCUT2D eigenvalue weighted by Crippen LogP contribution is 2.39. The zero-order chi connectivity index (χ0) is 11.6. The fraction of sp³-hybridized carbons (Fsp3) is 0.909. The second-order valence-electron chi connectivity index (χ2n) is 4.55. The molecule has 1 fully saturated rings. The van der Waals surface area contributed by atoms with Crippen LogP contribution < -0.4 is 0 Å². The van der Waals surface area contributed by atoms with Crippen LogP contribution in [-0.4, -0.2) is 34.0 Å². The Hall–Kier alpha value is -0.610. The van der Waals surface area contributed by atoms with E-state index in [1.54, 1.807) is 13.8 Å². The summed E-state index contributed by atoms with van der Waals surface area (Å²) in [7, 11) is 0. The third kappa shape index (κ3) is 2.32. The average Bonchev–Trinajstić information content (AvgIpc) is 2.48. The van der Waals surface area contributed by atoms with E-state index in [-0.39, 0.29) is 5.92 Å². The number of aliphatic hydroxyl groups excluding tert-OH is 1. The van der Waals surface area contributed by atoms with Crippen LogP contribution >= 0.6 is 0 Å². The van der Waals surface area contributed by atoms with Crippen molar-refractivity contribution >= 4 is 5.97 Å². The van der Waals surface area contributed by atoms with Crippen molar-refractivity contribution in [3.05, 3.63) is 0 Å². The van der Waals surface area contributed by atoms with E-state index in [0.29, 0.717) is 6.42 Å². The summed E-state index contributed by atoms with van der Waals surface area (Å²) in [6, 6.07) is 0. The Labute approximate surface area is 90.2 Å². The second-order valence-corrected chi connectivity index (χ2v) is 4.55. The molecule has 0 amide bonds. The van der Waals surface area contributed by atoms with Gasteiger partial charge in [-0.15, -0.1) is 0 Å². The molecule has 2 N–H and O–H groups in total. The maximum Gasteiger partial charge on any atom is 0.336 e. The molecule has 4 unspecified atom stereocenters. The number of carboxylic acids is 1. The monoisotopic (exact) mass is 216 g/mol. The number of hydrogen-bond donors (Lipinski definition) is 2. The van der Waals surface area contributed by atoms with Crippen molar-refractivity contribution in [1.29, 1.82) is 0 Å². The Morgan fingerprint density at radius 1 is 1.53 bits per heavy atom. The molecule has 4 heteroatoms. The molecule has 1 rings (SSSR count). The first-order valence-corrected chi connectivity index (χ1v) is 5.49. The lowest BCUT2D eigenvalue weighted by molar-refractivity contribution is -0.186. The van der Waals surface area contributed by atoms with Crippen molar-refractivity contribution in [2.24, 2.45) is 5.92 Å². The normalized spacial score (nSPS) is 35.1. The molecule has 0 radical (unpaired) electrons. The summed E-state index contributed by atoms with van der Waals surface area (Å²) in [6.07, 6.45) is 1.20. The molecule has 0 aromatic heterocycles. The van der Waals surface area contributed by atoms with Crippen LogP contribution in [0.2, 0.25) is 0 Å². The maximum absolute atomic E-state index is 11.3. The highest BCUT2D eigenvalue weighted by Gasteiger charge is 2.49. The first kappa shape index (κ1) is 12.5. The topological polar surface area (TPSA) is 66.8 Å². The van der Waals surface area contributed by atoms with Gasteiger partial charge in [0, 0.05) is 0 Å². The minimum absolute atomic E-state index is 0.0104. The Bertz CT molecular complexity index is 239. The van der Waals surface area contributed by atoms with Crippen LogP contribution in [0.25, 0.3) is 0 Å². The lowest BCUT2D eigenvalue weighted by Gasteiger charge is -2.33. The van der Waals surface area contributed by atoms with Crippen LogP contribution in [0.4, 0.5) is 0 Å². The summed E-state index contributed by atoms with van der Waals surface area (Å²) in [5.74, 6) is -0.892. The standard InChI is InChI=1S/C11H20O4/c1-7-5-4-6-11(7,10(13)14)15-9(3)8(2)12/h7-9,12H,4-6H2,1-3H3,(H,13,14). The number of aliphatic carboxylic acids is 1. The van der Waals surface area contributed by atoms with Crippen LogP contribution in [0.15, 0.2) is 0 Å². The van der Waals surface area contributed by atoms with Crippen molar-refractivity contribution < 1.29 is 19.7 Å². The van der Waals surface area contributed by atoms with Gasteiger partial charge in [0.1, 0.15) is 0 Å². The Kier molecular flexibility index (Phi) is 3.73. The summed E-state index contributed by atoms with van der Waals surface area (Å²) in [6.45, 7) is 5.22. The molecule has 0 saturated heterocycles. The zero-order valence-corrected chi connectivity index (χ0v) is 9.56. The van der Waals surface area contributed by atoms with Crippen LogP contribution in [0.1, 0.15) is 40.0 Å². The van der Waals surface area contributed by atoms with Gasteiger partial charge in [0.15, 0.2) is 5.60 Å². The van der Waals surface area contributed by atoms with Gasteiger partial charge in [-0.1, -0.05) is 6.92 Å². The lowest BCUT2D eigenvalue weighted by Crippen LogP contribution is -2.48. The number of hydrogen-bond acceptors (Lipinski definition) is 3. The molecule has 0 bridgehead atoms. The minimum atomic E-state index is -1.09. The number of carbonyl (C=O) groups is 1. The SMILES string of the molecule is CC(O)C(C)OC1(C(=O)O)CCCC1C. The first-order valence-electron chi connectivity index (χ1n) is 5.49.